The normalized spacial score (nSPS) is 10.2. The second-order valence-corrected chi connectivity index (χ2v) is 4.62. The first-order valence-corrected chi connectivity index (χ1v) is 6.59. The van der Waals surface area contributed by atoms with Gasteiger partial charge in [-0.3, -0.25) is 4.79 Å². The average Bonchev–Trinajstić information content (AvgIpc) is 2.44. The average molecular weight is 288 g/mol. The van der Waals surface area contributed by atoms with Gasteiger partial charge in [0.2, 0.25) is 5.91 Å². The molecule has 1 amide bonds. The fraction of sp³-hybridized carbons (Fsp3) is 0.188. The van der Waals surface area contributed by atoms with Crippen LogP contribution in [0.4, 0.5) is 15.8 Å². The Bertz CT molecular complexity index is 644. The molecule has 110 valence electrons. The van der Waals surface area contributed by atoms with Gasteiger partial charge in [-0.15, -0.1) is 0 Å². The molecule has 4 nitrogen and oxygen atoms in total. The van der Waals surface area contributed by atoms with E-state index in [0.717, 1.165) is 5.56 Å². The van der Waals surface area contributed by atoms with Gasteiger partial charge in [-0.25, -0.2) is 4.39 Å². The Labute approximate surface area is 122 Å². The van der Waals surface area contributed by atoms with E-state index in [1.165, 1.54) is 12.1 Å². The van der Waals surface area contributed by atoms with E-state index in [1.54, 1.807) is 30.3 Å². The second-order valence-electron chi connectivity index (χ2n) is 4.62. The zero-order valence-corrected chi connectivity index (χ0v) is 11.7. The fourth-order valence-electron chi connectivity index (χ4n) is 1.82. The molecule has 0 aliphatic heterocycles. The summed E-state index contributed by atoms with van der Waals surface area (Å²) in [7, 11) is 0. The van der Waals surface area contributed by atoms with Crippen molar-refractivity contribution in [1.82, 2.24) is 0 Å². The highest BCUT2D eigenvalue weighted by atomic mass is 19.1. The molecule has 3 N–H and O–H groups in total. The number of ether oxygens (including phenoxy) is 1. The molecule has 0 saturated heterocycles. The van der Waals surface area contributed by atoms with Crippen LogP contribution in [0.2, 0.25) is 0 Å². The lowest BCUT2D eigenvalue weighted by Gasteiger charge is -2.10. The first-order chi connectivity index (χ1) is 10.1. The van der Waals surface area contributed by atoms with Crippen molar-refractivity contribution < 1.29 is 13.9 Å². The maximum absolute atomic E-state index is 13.0. The van der Waals surface area contributed by atoms with E-state index in [4.69, 9.17) is 10.5 Å². The van der Waals surface area contributed by atoms with Crippen LogP contribution in [0.25, 0.3) is 0 Å². The topological polar surface area (TPSA) is 64.3 Å². The van der Waals surface area contributed by atoms with Crippen LogP contribution in [-0.4, -0.2) is 12.5 Å². The summed E-state index contributed by atoms with van der Waals surface area (Å²) in [5, 5.41) is 2.78. The van der Waals surface area contributed by atoms with Crippen LogP contribution in [0.15, 0.2) is 42.5 Å². The minimum atomic E-state index is -0.368. The fourth-order valence-corrected chi connectivity index (χ4v) is 1.82. The molecular weight excluding hydrogens is 271 g/mol. The van der Waals surface area contributed by atoms with E-state index in [0.29, 0.717) is 17.1 Å². The summed E-state index contributed by atoms with van der Waals surface area (Å²) in [6.07, 6.45) is 0.171. The van der Waals surface area contributed by atoms with Gasteiger partial charge in [0.25, 0.3) is 0 Å². The third-order valence-corrected chi connectivity index (χ3v) is 3.04. The molecule has 2 aromatic rings. The molecule has 0 aliphatic rings. The van der Waals surface area contributed by atoms with Gasteiger partial charge in [-0.2, -0.15) is 0 Å². The van der Waals surface area contributed by atoms with E-state index in [9.17, 15) is 9.18 Å². The molecule has 0 bridgehead atoms. The summed E-state index contributed by atoms with van der Waals surface area (Å²) in [5.74, 6) is -0.143. The van der Waals surface area contributed by atoms with Crippen molar-refractivity contribution in [3.05, 3.63) is 53.8 Å². The Hall–Kier alpha value is -2.56. The van der Waals surface area contributed by atoms with Crippen molar-refractivity contribution in [2.75, 3.05) is 17.7 Å². The lowest BCUT2D eigenvalue weighted by atomic mass is 10.1. The van der Waals surface area contributed by atoms with Crippen LogP contribution in [0.1, 0.15) is 12.0 Å². The van der Waals surface area contributed by atoms with Crippen molar-refractivity contribution in [2.24, 2.45) is 0 Å². The monoisotopic (exact) mass is 288 g/mol. The predicted octanol–water partition coefficient (Wildman–Crippen LogP) is 3.12. The first-order valence-electron chi connectivity index (χ1n) is 6.59. The lowest BCUT2D eigenvalue weighted by Crippen LogP contribution is -2.16. The highest BCUT2D eigenvalue weighted by molar-refractivity contribution is 5.92. The maximum atomic E-state index is 13.0. The molecule has 0 spiro atoms. The molecule has 2 rings (SSSR count). The van der Waals surface area contributed by atoms with Gasteiger partial charge in [0.05, 0.1) is 13.0 Å². The minimum Gasteiger partial charge on any atom is -0.493 e. The quantitative estimate of drug-likeness (QED) is 0.831. The van der Waals surface area contributed by atoms with Gasteiger partial charge in [-0.05, 0) is 36.8 Å². The first kappa shape index (κ1) is 14.8. The van der Waals surface area contributed by atoms with E-state index in [-0.39, 0.29) is 24.8 Å². The van der Waals surface area contributed by atoms with Crippen LogP contribution in [0.3, 0.4) is 0 Å². The van der Waals surface area contributed by atoms with Gasteiger partial charge in [0.1, 0.15) is 11.6 Å². The van der Waals surface area contributed by atoms with Gasteiger partial charge < -0.3 is 15.8 Å². The third kappa shape index (κ3) is 4.21. The molecule has 2 aromatic carbocycles. The van der Waals surface area contributed by atoms with E-state index in [2.05, 4.69) is 5.32 Å². The number of hydrogen-bond acceptors (Lipinski definition) is 3. The van der Waals surface area contributed by atoms with E-state index in [1.807, 2.05) is 6.92 Å². The Balaban J connectivity index is 1.84. The molecule has 0 aliphatic carbocycles. The molecular formula is C16H17FN2O2. The van der Waals surface area contributed by atoms with Gasteiger partial charge >= 0.3 is 0 Å². The zero-order valence-electron chi connectivity index (χ0n) is 11.7. The molecule has 0 saturated carbocycles. The van der Waals surface area contributed by atoms with Crippen LogP contribution in [0.5, 0.6) is 5.75 Å². The summed E-state index contributed by atoms with van der Waals surface area (Å²) in [5.41, 5.74) is 7.92. The highest BCUT2D eigenvalue weighted by Crippen LogP contribution is 2.20. The molecule has 0 unspecified atom stereocenters. The summed E-state index contributed by atoms with van der Waals surface area (Å²) >= 11 is 0. The number of anilines is 2. The Morgan fingerprint density at radius 2 is 2.05 bits per heavy atom. The van der Waals surface area contributed by atoms with Gasteiger partial charge in [0, 0.05) is 17.4 Å². The number of nitrogen functional groups attached to an aromatic ring is 1. The van der Waals surface area contributed by atoms with E-state index >= 15 is 0 Å². The summed E-state index contributed by atoms with van der Waals surface area (Å²) < 4.78 is 18.3. The number of carbonyl (C=O) groups excluding carboxylic acids is 1. The number of halogens is 1. The molecule has 21 heavy (non-hydrogen) atoms. The SMILES string of the molecule is Cc1c(N)cccc1NC(=O)CCOc1cccc(F)c1. The number of nitrogens with two attached hydrogens (primary N) is 1. The van der Waals surface area contributed by atoms with E-state index < -0.39 is 0 Å². The number of hydrogen-bond donors (Lipinski definition) is 2. The molecule has 0 aromatic heterocycles. The van der Waals surface area contributed by atoms with Crippen molar-refractivity contribution in [1.29, 1.82) is 0 Å². The smallest absolute Gasteiger partial charge is 0.227 e. The molecule has 0 heterocycles. The third-order valence-electron chi connectivity index (χ3n) is 3.04. The van der Waals surface area contributed by atoms with Gasteiger partial charge in [-0.1, -0.05) is 12.1 Å². The Morgan fingerprint density at radius 3 is 2.81 bits per heavy atom. The Kier molecular flexibility index (Phi) is 4.77. The van der Waals surface area contributed by atoms with Crippen molar-refractivity contribution in [3.63, 3.8) is 0 Å². The molecule has 0 radical (unpaired) electrons. The zero-order chi connectivity index (χ0) is 15.2. The highest BCUT2D eigenvalue weighted by Gasteiger charge is 2.06. The second kappa shape index (κ2) is 6.74. The standard InChI is InChI=1S/C16H17FN2O2/c1-11-14(18)6-3-7-15(11)19-16(20)8-9-21-13-5-2-4-12(17)10-13/h2-7,10H,8-9,18H2,1H3,(H,19,20). The van der Waals surface area contributed by atoms with Gasteiger partial charge in [0.15, 0.2) is 0 Å². The molecule has 0 fully saturated rings. The van der Waals surface area contributed by atoms with Crippen LogP contribution < -0.4 is 15.8 Å². The molecule has 5 heteroatoms. The number of benzene rings is 2. The molecule has 0 atom stereocenters. The number of rotatable bonds is 5. The van der Waals surface area contributed by atoms with Crippen LogP contribution in [-0.2, 0) is 4.79 Å². The van der Waals surface area contributed by atoms with Crippen molar-refractivity contribution >= 4 is 17.3 Å². The summed E-state index contributed by atoms with van der Waals surface area (Å²) in [4.78, 5) is 11.8. The largest absolute Gasteiger partial charge is 0.493 e. The predicted molar refractivity (Wildman–Crippen MR) is 80.7 cm³/mol. The lowest BCUT2D eigenvalue weighted by molar-refractivity contribution is -0.116. The number of nitrogens with one attached hydrogen (secondary N) is 1. The van der Waals surface area contributed by atoms with Crippen LogP contribution >= 0.6 is 0 Å². The number of amides is 1. The number of carbonyl (C=O) groups is 1. The summed E-state index contributed by atoms with van der Waals surface area (Å²) in [6.45, 7) is 2.02. The summed E-state index contributed by atoms with van der Waals surface area (Å²) in [6, 6.07) is 11.2. The van der Waals surface area contributed by atoms with Crippen molar-refractivity contribution in [3.8, 4) is 5.75 Å². The Morgan fingerprint density at radius 1 is 1.29 bits per heavy atom. The van der Waals surface area contributed by atoms with Crippen LogP contribution in [0, 0.1) is 12.7 Å². The maximum Gasteiger partial charge on any atom is 0.227 e. The minimum absolute atomic E-state index is 0.171. The van der Waals surface area contributed by atoms with Crippen molar-refractivity contribution in [2.45, 2.75) is 13.3 Å².